The van der Waals surface area contributed by atoms with Gasteiger partial charge in [0.25, 0.3) is 0 Å². The lowest BCUT2D eigenvalue weighted by Crippen LogP contribution is -2.21. The number of carbonyl (C=O) groups excluding carboxylic acids is 1. The minimum atomic E-state index is -0.967. The topological polar surface area (TPSA) is 66.8 Å². The van der Waals surface area contributed by atoms with Crippen LogP contribution in [0.4, 0.5) is 0 Å². The molecule has 0 aromatic heterocycles. The van der Waals surface area contributed by atoms with E-state index in [1.807, 2.05) is 0 Å². The zero-order valence-electron chi connectivity index (χ0n) is 15.7. The van der Waals surface area contributed by atoms with E-state index in [0.29, 0.717) is 6.42 Å². The molecule has 0 aliphatic rings. The lowest BCUT2D eigenvalue weighted by atomic mass is 10.1. The maximum absolute atomic E-state index is 11.4. The first-order valence-corrected chi connectivity index (χ1v) is 9.60. The van der Waals surface area contributed by atoms with Crippen molar-refractivity contribution < 1.29 is 19.7 Å². The third-order valence-corrected chi connectivity index (χ3v) is 3.68. The van der Waals surface area contributed by atoms with Crippen molar-refractivity contribution in [2.24, 2.45) is 0 Å². The predicted molar refractivity (Wildman–Crippen MR) is 103 cm³/mol. The second-order valence-electron chi connectivity index (χ2n) is 6.12. The van der Waals surface area contributed by atoms with E-state index in [9.17, 15) is 4.79 Å². The largest absolute Gasteiger partial charge is 0.463 e. The summed E-state index contributed by atoms with van der Waals surface area (Å²) in [5.74, 6) is -0.298. The van der Waals surface area contributed by atoms with Crippen molar-refractivity contribution in [2.75, 3.05) is 13.2 Å². The number of aliphatic hydroxyl groups excluding tert-OH is 2. The van der Waals surface area contributed by atoms with Gasteiger partial charge >= 0.3 is 5.97 Å². The smallest absolute Gasteiger partial charge is 0.305 e. The van der Waals surface area contributed by atoms with Crippen molar-refractivity contribution >= 4 is 5.97 Å². The molecule has 0 unspecified atom stereocenters. The highest BCUT2D eigenvalue weighted by atomic mass is 16.5. The highest BCUT2D eigenvalue weighted by Gasteiger charge is 2.07. The van der Waals surface area contributed by atoms with Crippen LogP contribution in [0, 0.1) is 0 Å². The fourth-order valence-corrected chi connectivity index (χ4v) is 2.20. The second kappa shape index (κ2) is 18.9. The Balaban J connectivity index is 3.34. The number of allylic oxidation sites excluding steroid dienone is 6. The van der Waals surface area contributed by atoms with E-state index in [-0.39, 0.29) is 19.2 Å². The molecule has 0 aliphatic carbocycles. The summed E-state index contributed by atoms with van der Waals surface area (Å²) in [6.07, 6.45) is 22.3. The predicted octanol–water partition coefficient (Wildman–Crippen LogP) is 4.47. The molecule has 4 heteroatoms. The molecule has 0 saturated heterocycles. The Hall–Kier alpha value is -1.39. The molecule has 0 amide bonds. The van der Waals surface area contributed by atoms with Gasteiger partial charge in [-0.25, -0.2) is 0 Å². The van der Waals surface area contributed by atoms with E-state index in [2.05, 4.69) is 43.4 Å². The minimum absolute atomic E-state index is 0.119. The van der Waals surface area contributed by atoms with Crippen LogP contribution in [0.1, 0.15) is 71.1 Å². The molecule has 0 heterocycles. The summed E-state index contributed by atoms with van der Waals surface area (Å²) in [5.41, 5.74) is 0. The Bertz CT molecular complexity index is 385. The van der Waals surface area contributed by atoms with Crippen LogP contribution in [0.25, 0.3) is 0 Å². The molecule has 0 aromatic carbocycles. The lowest BCUT2D eigenvalue weighted by molar-refractivity contribution is -0.147. The molecule has 0 fully saturated rings. The summed E-state index contributed by atoms with van der Waals surface area (Å²) in [6.45, 7) is 1.64. The molecule has 0 spiro atoms. The van der Waals surface area contributed by atoms with E-state index >= 15 is 0 Å². The molecule has 1 atom stereocenters. The summed E-state index contributed by atoms with van der Waals surface area (Å²) in [6, 6.07) is 0. The monoisotopic (exact) mass is 352 g/mol. The van der Waals surface area contributed by atoms with Crippen molar-refractivity contribution in [3.05, 3.63) is 36.5 Å². The maximum atomic E-state index is 11.4. The van der Waals surface area contributed by atoms with Gasteiger partial charge < -0.3 is 14.9 Å². The SMILES string of the molecule is CC/C=C/C/C=C/C/C=C/CCCCCCCC(=O)OC[C@H](O)CO. The number of unbranched alkanes of at least 4 members (excludes halogenated alkanes) is 5. The van der Waals surface area contributed by atoms with Gasteiger partial charge in [-0.15, -0.1) is 0 Å². The Morgan fingerprint density at radius 3 is 2.20 bits per heavy atom. The third kappa shape index (κ3) is 18.8. The molecule has 25 heavy (non-hydrogen) atoms. The lowest BCUT2D eigenvalue weighted by Gasteiger charge is -2.08. The Kier molecular flexibility index (Phi) is 17.9. The van der Waals surface area contributed by atoms with Crippen molar-refractivity contribution in [1.82, 2.24) is 0 Å². The van der Waals surface area contributed by atoms with Gasteiger partial charge in [-0.2, -0.15) is 0 Å². The summed E-state index contributed by atoms with van der Waals surface area (Å²) < 4.78 is 4.85. The average molecular weight is 353 g/mol. The molecule has 0 rings (SSSR count). The van der Waals surface area contributed by atoms with Gasteiger partial charge in [0.1, 0.15) is 12.7 Å². The number of esters is 1. The van der Waals surface area contributed by atoms with Crippen LogP contribution in [0.3, 0.4) is 0 Å². The molecule has 0 bridgehead atoms. The Morgan fingerprint density at radius 1 is 0.920 bits per heavy atom. The summed E-state index contributed by atoms with van der Waals surface area (Å²) in [7, 11) is 0. The second-order valence-corrected chi connectivity index (χ2v) is 6.12. The van der Waals surface area contributed by atoms with Crippen molar-refractivity contribution in [2.45, 2.75) is 77.2 Å². The summed E-state index contributed by atoms with van der Waals surface area (Å²) in [5, 5.41) is 17.7. The van der Waals surface area contributed by atoms with Crippen molar-refractivity contribution in [3.63, 3.8) is 0 Å². The van der Waals surface area contributed by atoms with E-state index in [4.69, 9.17) is 14.9 Å². The van der Waals surface area contributed by atoms with E-state index in [1.165, 1.54) is 12.8 Å². The zero-order chi connectivity index (χ0) is 18.6. The Morgan fingerprint density at radius 2 is 1.52 bits per heavy atom. The number of ether oxygens (including phenoxy) is 1. The standard InChI is InChI=1S/C21H36O4/c1-2-3-4-5-6-7-8-9-10-11-12-13-14-15-16-17-21(24)25-19-20(23)18-22/h3-4,6-7,9-10,20,22-23H,2,5,8,11-19H2,1H3/b4-3+,7-6+,10-9+/t20-/m1/s1. The molecule has 0 aliphatic heterocycles. The maximum Gasteiger partial charge on any atom is 0.305 e. The normalized spacial score (nSPS) is 13.2. The first-order chi connectivity index (χ1) is 12.2. The molecule has 2 N–H and O–H groups in total. The van der Waals surface area contributed by atoms with Gasteiger partial charge in [0, 0.05) is 6.42 Å². The molecular formula is C21H36O4. The fourth-order valence-electron chi connectivity index (χ4n) is 2.20. The first kappa shape index (κ1) is 23.6. The third-order valence-electron chi connectivity index (χ3n) is 3.68. The van der Waals surface area contributed by atoms with Gasteiger partial charge in [0.05, 0.1) is 6.61 Å². The first-order valence-electron chi connectivity index (χ1n) is 9.60. The number of rotatable bonds is 16. The highest BCUT2D eigenvalue weighted by molar-refractivity contribution is 5.69. The number of carbonyl (C=O) groups is 1. The van der Waals surface area contributed by atoms with E-state index in [1.54, 1.807) is 0 Å². The van der Waals surface area contributed by atoms with Crippen LogP contribution < -0.4 is 0 Å². The summed E-state index contributed by atoms with van der Waals surface area (Å²) >= 11 is 0. The fraction of sp³-hybridized carbons (Fsp3) is 0.667. The van der Waals surface area contributed by atoms with Crippen LogP contribution in [-0.2, 0) is 9.53 Å². The average Bonchev–Trinajstić information content (AvgIpc) is 2.62. The number of hydrogen-bond acceptors (Lipinski definition) is 4. The van der Waals surface area contributed by atoms with Crippen LogP contribution >= 0.6 is 0 Å². The quantitative estimate of drug-likeness (QED) is 0.244. The molecule has 4 nitrogen and oxygen atoms in total. The highest BCUT2D eigenvalue weighted by Crippen LogP contribution is 2.08. The molecule has 0 aromatic rings. The number of aliphatic hydroxyl groups is 2. The van der Waals surface area contributed by atoms with E-state index in [0.717, 1.165) is 44.9 Å². The minimum Gasteiger partial charge on any atom is -0.463 e. The summed E-state index contributed by atoms with van der Waals surface area (Å²) in [4.78, 5) is 11.4. The molecule has 0 saturated carbocycles. The number of hydrogen-bond donors (Lipinski definition) is 2. The Labute approximate surface area is 153 Å². The molecule has 144 valence electrons. The molecule has 0 radical (unpaired) electrons. The van der Waals surface area contributed by atoms with Gasteiger partial charge in [-0.3, -0.25) is 4.79 Å². The van der Waals surface area contributed by atoms with Crippen molar-refractivity contribution in [1.29, 1.82) is 0 Å². The molecular weight excluding hydrogens is 316 g/mol. The van der Waals surface area contributed by atoms with Gasteiger partial charge in [0.15, 0.2) is 0 Å². The van der Waals surface area contributed by atoms with Crippen LogP contribution in [-0.4, -0.2) is 35.5 Å². The van der Waals surface area contributed by atoms with Crippen LogP contribution in [0.5, 0.6) is 0 Å². The van der Waals surface area contributed by atoms with E-state index < -0.39 is 6.10 Å². The van der Waals surface area contributed by atoms with Gasteiger partial charge in [-0.1, -0.05) is 62.6 Å². The van der Waals surface area contributed by atoms with Gasteiger partial charge in [-0.05, 0) is 38.5 Å². The van der Waals surface area contributed by atoms with Crippen LogP contribution in [0.15, 0.2) is 36.5 Å². The van der Waals surface area contributed by atoms with Crippen molar-refractivity contribution in [3.8, 4) is 0 Å². The zero-order valence-corrected chi connectivity index (χ0v) is 15.7. The van der Waals surface area contributed by atoms with Crippen LogP contribution in [0.2, 0.25) is 0 Å². The van der Waals surface area contributed by atoms with Gasteiger partial charge in [0.2, 0.25) is 0 Å².